The maximum atomic E-state index is 11.9. The summed E-state index contributed by atoms with van der Waals surface area (Å²) in [7, 11) is 2.03. The second-order valence-electron chi connectivity index (χ2n) is 5.72. The topological polar surface area (TPSA) is 93.3 Å². The summed E-state index contributed by atoms with van der Waals surface area (Å²) in [5.41, 5.74) is 0.600. The van der Waals surface area contributed by atoms with Gasteiger partial charge in [-0.2, -0.15) is 5.10 Å². The Balaban J connectivity index is 1.90. The Morgan fingerprint density at radius 3 is 2.86 bits per heavy atom. The SMILES string of the molecule is CN(CCO)C1(CNC(=O)Nc2cn[nH]c2)CCCCC1. The molecule has 1 aromatic heterocycles. The van der Waals surface area contributed by atoms with Crippen molar-refractivity contribution in [3.63, 3.8) is 0 Å². The average Bonchev–Trinajstić information content (AvgIpc) is 2.99. The Morgan fingerprint density at radius 1 is 1.48 bits per heavy atom. The summed E-state index contributed by atoms with van der Waals surface area (Å²) in [6, 6.07) is -0.223. The van der Waals surface area contributed by atoms with Crippen LogP contribution in [0.4, 0.5) is 10.5 Å². The van der Waals surface area contributed by atoms with Crippen LogP contribution in [0.25, 0.3) is 0 Å². The number of urea groups is 1. The maximum absolute atomic E-state index is 11.9. The summed E-state index contributed by atoms with van der Waals surface area (Å²) in [5.74, 6) is 0. The van der Waals surface area contributed by atoms with E-state index in [4.69, 9.17) is 0 Å². The highest BCUT2D eigenvalue weighted by Gasteiger charge is 2.35. The lowest BCUT2D eigenvalue weighted by Crippen LogP contribution is -2.56. The monoisotopic (exact) mass is 295 g/mol. The molecule has 7 nitrogen and oxygen atoms in total. The third-order valence-corrected chi connectivity index (χ3v) is 4.36. The molecule has 0 radical (unpaired) electrons. The van der Waals surface area contributed by atoms with E-state index in [1.807, 2.05) is 7.05 Å². The summed E-state index contributed by atoms with van der Waals surface area (Å²) < 4.78 is 0. The van der Waals surface area contributed by atoms with Crippen LogP contribution in [-0.4, -0.2) is 58.5 Å². The van der Waals surface area contributed by atoms with Crippen molar-refractivity contribution < 1.29 is 9.90 Å². The fraction of sp³-hybridized carbons (Fsp3) is 0.714. The molecule has 1 saturated carbocycles. The number of aliphatic hydroxyl groups is 1. The van der Waals surface area contributed by atoms with Gasteiger partial charge in [0.05, 0.1) is 18.5 Å². The molecule has 0 aliphatic heterocycles. The average molecular weight is 295 g/mol. The van der Waals surface area contributed by atoms with Crippen LogP contribution in [0.15, 0.2) is 12.4 Å². The minimum atomic E-state index is -0.223. The van der Waals surface area contributed by atoms with Crippen LogP contribution in [0, 0.1) is 0 Å². The lowest BCUT2D eigenvalue weighted by molar-refractivity contribution is 0.0605. The molecule has 0 spiro atoms. The number of carbonyl (C=O) groups is 1. The quantitative estimate of drug-likeness (QED) is 0.633. The van der Waals surface area contributed by atoms with Gasteiger partial charge in [0.2, 0.25) is 0 Å². The van der Waals surface area contributed by atoms with E-state index in [0.717, 1.165) is 12.8 Å². The van der Waals surface area contributed by atoms with E-state index in [0.29, 0.717) is 18.8 Å². The van der Waals surface area contributed by atoms with Gasteiger partial charge in [-0.1, -0.05) is 19.3 Å². The van der Waals surface area contributed by atoms with E-state index in [9.17, 15) is 9.90 Å². The summed E-state index contributed by atoms with van der Waals surface area (Å²) in [6.45, 7) is 1.36. The molecule has 1 fully saturated rings. The first-order chi connectivity index (χ1) is 10.2. The lowest BCUT2D eigenvalue weighted by atomic mass is 9.80. The Kier molecular flexibility index (Phi) is 5.58. The third kappa shape index (κ3) is 4.18. The molecule has 2 rings (SSSR count). The highest BCUT2D eigenvalue weighted by atomic mass is 16.3. The van der Waals surface area contributed by atoms with E-state index in [1.165, 1.54) is 19.3 Å². The highest BCUT2D eigenvalue weighted by Crippen LogP contribution is 2.32. The number of aliphatic hydroxyl groups excluding tert-OH is 1. The van der Waals surface area contributed by atoms with Crippen molar-refractivity contribution in [2.24, 2.45) is 0 Å². The molecule has 1 aliphatic carbocycles. The standard InChI is InChI=1S/C14H25N5O2/c1-19(7-8-20)14(5-3-2-4-6-14)11-15-13(21)18-12-9-16-17-10-12/h9-10,20H,2-8,11H2,1H3,(H,16,17)(H2,15,18,21). The molecule has 0 aromatic carbocycles. The lowest BCUT2D eigenvalue weighted by Gasteiger charge is -2.44. The van der Waals surface area contributed by atoms with E-state index in [1.54, 1.807) is 12.4 Å². The molecule has 0 atom stereocenters. The van der Waals surface area contributed by atoms with Crippen LogP contribution < -0.4 is 10.6 Å². The number of β-amino-alcohol motifs (C(OH)–C–C–N with tert-alkyl or cyclic N) is 1. The molecule has 7 heteroatoms. The van der Waals surface area contributed by atoms with Crippen molar-refractivity contribution in [1.82, 2.24) is 20.4 Å². The number of nitrogens with one attached hydrogen (secondary N) is 3. The molecule has 1 heterocycles. The van der Waals surface area contributed by atoms with Gasteiger partial charge < -0.3 is 15.7 Å². The van der Waals surface area contributed by atoms with Crippen LogP contribution in [0.2, 0.25) is 0 Å². The molecule has 21 heavy (non-hydrogen) atoms. The predicted octanol–water partition coefficient (Wildman–Crippen LogP) is 1.16. The zero-order chi connectivity index (χ0) is 15.1. The minimum absolute atomic E-state index is 0.0469. The molecule has 0 saturated heterocycles. The third-order valence-electron chi connectivity index (χ3n) is 4.36. The van der Waals surface area contributed by atoms with Gasteiger partial charge in [-0.05, 0) is 19.9 Å². The van der Waals surface area contributed by atoms with Gasteiger partial charge >= 0.3 is 6.03 Å². The number of rotatable bonds is 6. The fourth-order valence-corrected chi connectivity index (χ4v) is 3.03. The van der Waals surface area contributed by atoms with Crippen molar-refractivity contribution in [2.45, 2.75) is 37.6 Å². The van der Waals surface area contributed by atoms with E-state index in [2.05, 4.69) is 25.7 Å². The molecular weight excluding hydrogens is 270 g/mol. The van der Waals surface area contributed by atoms with E-state index < -0.39 is 0 Å². The van der Waals surface area contributed by atoms with Crippen LogP contribution in [0.5, 0.6) is 0 Å². The second-order valence-corrected chi connectivity index (χ2v) is 5.72. The number of hydrogen-bond donors (Lipinski definition) is 4. The molecule has 0 unspecified atom stereocenters. The van der Waals surface area contributed by atoms with Crippen molar-refractivity contribution in [3.05, 3.63) is 12.4 Å². The molecule has 1 aromatic rings. The fourth-order valence-electron chi connectivity index (χ4n) is 3.03. The van der Waals surface area contributed by atoms with E-state index in [-0.39, 0.29) is 18.2 Å². The summed E-state index contributed by atoms with van der Waals surface area (Å²) in [6.07, 6.45) is 8.88. The van der Waals surface area contributed by atoms with E-state index >= 15 is 0 Å². The van der Waals surface area contributed by atoms with Gasteiger partial charge in [-0.25, -0.2) is 4.79 Å². The first kappa shape index (κ1) is 15.8. The number of H-pyrrole nitrogens is 1. The summed E-state index contributed by atoms with van der Waals surface area (Å²) in [5, 5.41) is 21.3. The van der Waals surface area contributed by atoms with Gasteiger partial charge in [-0.15, -0.1) is 0 Å². The Hall–Kier alpha value is -1.60. The van der Waals surface area contributed by atoms with Crippen LogP contribution in [0.3, 0.4) is 0 Å². The Bertz CT molecular complexity index is 429. The number of likely N-dealkylation sites (N-methyl/N-ethyl adjacent to an activating group) is 1. The first-order valence-electron chi connectivity index (χ1n) is 7.52. The van der Waals surface area contributed by atoms with Gasteiger partial charge in [0.25, 0.3) is 0 Å². The smallest absolute Gasteiger partial charge is 0.319 e. The highest BCUT2D eigenvalue weighted by molar-refractivity contribution is 5.88. The number of carbonyl (C=O) groups excluding carboxylic acids is 1. The van der Waals surface area contributed by atoms with Crippen LogP contribution >= 0.6 is 0 Å². The van der Waals surface area contributed by atoms with Crippen molar-refractivity contribution in [3.8, 4) is 0 Å². The molecule has 1 aliphatic rings. The van der Waals surface area contributed by atoms with Crippen molar-refractivity contribution in [1.29, 1.82) is 0 Å². The van der Waals surface area contributed by atoms with Crippen LogP contribution in [-0.2, 0) is 0 Å². The van der Waals surface area contributed by atoms with Crippen molar-refractivity contribution >= 4 is 11.7 Å². The summed E-state index contributed by atoms with van der Waals surface area (Å²) >= 11 is 0. The number of amides is 2. The Labute approximate surface area is 125 Å². The summed E-state index contributed by atoms with van der Waals surface area (Å²) in [4.78, 5) is 14.1. The predicted molar refractivity (Wildman–Crippen MR) is 81.1 cm³/mol. The maximum Gasteiger partial charge on any atom is 0.319 e. The number of nitrogens with zero attached hydrogens (tertiary/aromatic N) is 2. The number of anilines is 1. The first-order valence-corrected chi connectivity index (χ1v) is 7.52. The van der Waals surface area contributed by atoms with Crippen molar-refractivity contribution in [2.75, 3.05) is 32.1 Å². The number of aromatic nitrogens is 2. The molecule has 118 valence electrons. The number of hydrogen-bond acceptors (Lipinski definition) is 4. The zero-order valence-electron chi connectivity index (χ0n) is 12.6. The van der Waals surface area contributed by atoms with Crippen LogP contribution in [0.1, 0.15) is 32.1 Å². The second kappa shape index (κ2) is 7.42. The van der Waals surface area contributed by atoms with Gasteiger partial charge in [0.1, 0.15) is 0 Å². The zero-order valence-corrected chi connectivity index (χ0v) is 12.6. The molecule has 2 amide bonds. The molecular formula is C14H25N5O2. The number of aromatic amines is 1. The normalized spacial score (nSPS) is 17.7. The molecule has 4 N–H and O–H groups in total. The Morgan fingerprint density at radius 2 is 2.24 bits per heavy atom. The van der Waals surface area contributed by atoms with Gasteiger partial charge in [-0.3, -0.25) is 10.00 Å². The minimum Gasteiger partial charge on any atom is -0.395 e. The molecule has 0 bridgehead atoms. The van der Waals surface area contributed by atoms with Gasteiger partial charge in [0.15, 0.2) is 0 Å². The van der Waals surface area contributed by atoms with Gasteiger partial charge in [0, 0.05) is 24.8 Å². The largest absolute Gasteiger partial charge is 0.395 e.